The molecule has 0 bridgehead atoms. The van der Waals surface area contributed by atoms with Gasteiger partial charge in [0.05, 0.1) is 30.3 Å². The molecular weight excluding hydrogens is 256 g/mol. The van der Waals surface area contributed by atoms with Crippen LogP contribution in [0.4, 0.5) is 5.69 Å². The average Bonchev–Trinajstić information content (AvgIpc) is 2.47. The van der Waals surface area contributed by atoms with Crippen LogP contribution in [0.1, 0.15) is 21.6 Å². The van der Waals surface area contributed by atoms with Crippen molar-refractivity contribution in [3.05, 3.63) is 53.3 Å². The fourth-order valence-electron chi connectivity index (χ4n) is 1.80. The minimum absolute atomic E-state index is 0.136. The molecule has 0 spiro atoms. The molecule has 20 heavy (non-hydrogen) atoms. The number of esters is 1. The van der Waals surface area contributed by atoms with Crippen LogP contribution in [-0.4, -0.2) is 18.1 Å². The molecule has 2 aromatic rings. The first-order valence-electron chi connectivity index (χ1n) is 6.13. The number of aromatic nitrogens is 1. The van der Waals surface area contributed by atoms with Crippen molar-refractivity contribution < 1.29 is 14.3 Å². The summed E-state index contributed by atoms with van der Waals surface area (Å²) in [5, 5.41) is 0. The normalized spacial score (nSPS) is 10.1. The van der Waals surface area contributed by atoms with Crippen molar-refractivity contribution in [2.75, 3.05) is 12.8 Å². The second-order valence-corrected chi connectivity index (χ2v) is 4.29. The van der Waals surface area contributed by atoms with Crippen LogP contribution in [0.25, 0.3) is 0 Å². The third kappa shape index (κ3) is 3.06. The molecular formula is C15H16N2O3. The maximum absolute atomic E-state index is 12.0. The van der Waals surface area contributed by atoms with Crippen molar-refractivity contribution in [1.82, 2.24) is 4.98 Å². The van der Waals surface area contributed by atoms with Crippen LogP contribution in [0, 0.1) is 6.92 Å². The number of benzene rings is 1. The minimum Gasteiger partial charge on any atom is -0.496 e. The molecule has 2 N–H and O–H groups in total. The fourth-order valence-corrected chi connectivity index (χ4v) is 1.80. The van der Waals surface area contributed by atoms with Gasteiger partial charge in [0.15, 0.2) is 0 Å². The number of carbonyl (C=O) groups excluding carboxylic acids is 1. The molecule has 0 aliphatic heterocycles. The average molecular weight is 272 g/mol. The van der Waals surface area contributed by atoms with E-state index in [0.29, 0.717) is 22.7 Å². The largest absolute Gasteiger partial charge is 0.496 e. The standard InChI is InChI=1S/C15H16N2O3/c1-10-13(7-12(16)8-17-10)15(18)20-9-11-5-3-4-6-14(11)19-2/h3-8H,9,16H2,1-2H3. The molecule has 2 rings (SSSR count). The zero-order chi connectivity index (χ0) is 14.5. The van der Waals surface area contributed by atoms with Crippen molar-refractivity contribution in [2.24, 2.45) is 0 Å². The van der Waals surface area contributed by atoms with E-state index < -0.39 is 5.97 Å². The molecule has 0 unspecified atom stereocenters. The molecule has 0 saturated heterocycles. The summed E-state index contributed by atoms with van der Waals surface area (Å²) in [6.07, 6.45) is 1.51. The van der Waals surface area contributed by atoms with Crippen molar-refractivity contribution in [3.8, 4) is 5.75 Å². The van der Waals surface area contributed by atoms with Crippen LogP contribution in [0.2, 0.25) is 0 Å². The number of nitrogen functional groups attached to an aromatic ring is 1. The number of ether oxygens (including phenoxy) is 2. The molecule has 1 heterocycles. The van der Waals surface area contributed by atoms with Crippen LogP contribution < -0.4 is 10.5 Å². The lowest BCUT2D eigenvalue weighted by Crippen LogP contribution is -2.09. The van der Waals surface area contributed by atoms with Gasteiger partial charge >= 0.3 is 5.97 Å². The lowest BCUT2D eigenvalue weighted by atomic mass is 10.2. The van der Waals surface area contributed by atoms with E-state index in [-0.39, 0.29) is 6.61 Å². The molecule has 104 valence electrons. The smallest absolute Gasteiger partial charge is 0.340 e. The number of nitrogens with two attached hydrogens (primary N) is 1. The second kappa shape index (κ2) is 6.06. The van der Waals surface area contributed by atoms with Gasteiger partial charge < -0.3 is 15.2 Å². The Labute approximate surface area is 117 Å². The van der Waals surface area contributed by atoms with Crippen LogP contribution >= 0.6 is 0 Å². The molecule has 0 fully saturated rings. The van der Waals surface area contributed by atoms with E-state index >= 15 is 0 Å². The van der Waals surface area contributed by atoms with Gasteiger partial charge in [-0.25, -0.2) is 4.79 Å². The summed E-state index contributed by atoms with van der Waals surface area (Å²) >= 11 is 0. The Balaban J connectivity index is 2.11. The van der Waals surface area contributed by atoms with Gasteiger partial charge in [0, 0.05) is 5.56 Å². The third-order valence-corrected chi connectivity index (χ3v) is 2.88. The number of carbonyl (C=O) groups is 1. The SMILES string of the molecule is COc1ccccc1COC(=O)c1cc(N)cnc1C. The first kappa shape index (κ1) is 13.9. The van der Waals surface area contributed by atoms with Gasteiger partial charge in [0.1, 0.15) is 12.4 Å². The molecule has 1 aromatic heterocycles. The van der Waals surface area contributed by atoms with Crippen LogP contribution in [0.15, 0.2) is 36.5 Å². The Morgan fingerprint density at radius 3 is 2.85 bits per heavy atom. The van der Waals surface area contributed by atoms with Crippen LogP contribution in [-0.2, 0) is 11.3 Å². The van der Waals surface area contributed by atoms with Crippen molar-refractivity contribution >= 4 is 11.7 Å². The monoisotopic (exact) mass is 272 g/mol. The Kier molecular flexibility index (Phi) is 4.20. The Morgan fingerprint density at radius 1 is 1.35 bits per heavy atom. The summed E-state index contributed by atoms with van der Waals surface area (Å²) < 4.78 is 10.5. The highest BCUT2D eigenvalue weighted by Crippen LogP contribution is 2.19. The molecule has 0 radical (unpaired) electrons. The first-order chi connectivity index (χ1) is 9.61. The predicted molar refractivity (Wildman–Crippen MR) is 75.5 cm³/mol. The van der Waals surface area contributed by atoms with Gasteiger partial charge in [-0.2, -0.15) is 0 Å². The first-order valence-corrected chi connectivity index (χ1v) is 6.13. The number of methoxy groups -OCH3 is 1. The van der Waals surface area contributed by atoms with Gasteiger partial charge in [-0.1, -0.05) is 18.2 Å². The molecule has 0 amide bonds. The summed E-state index contributed by atoms with van der Waals surface area (Å²) in [5.41, 5.74) is 7.82. The summed E-state index contributed by atoms with van der Waals surface area (Å²) in [6, 6.07) is 8.94. The Hall–Kier alpha value is -2.56. The topological polar surface area (TPSA) is 74.4 Å². The molecule has 5 nitrogen and oxygen atoms in total. The molecule has 1 aromatic carbocycles. The molecule has 0 saturated carbocycles. The number of nitrogens with zero attached hydrogens (tertiary/aromatic N) is 1. The van der Waals surface area contributed by atoms with Gasteiger partial charge in [-0.15, -0.1) is 0 Å². The number of rotatable bonds is 4. The number of aryl methyl sites for hydroxylation is 1. The molecule has 0 atom stereocenters. The van der Waals surface area contributed by atoms with Gasteiger partial charge in [0.2, 0.25) is 0 Å². The van der Waals surface area contributed by atoms with E-state index in [2.05, 4.69) is 4.98 Å². The minimum atomic E-state index is -0.451. The lowest BCUT2D eigenvalue weighted by molar-refractivity contribution is 0.0469. The highest BCUT2D eigenvalue weighted by atomic mass is 16.5. The van der Waals surface area contributed by atoms with Crippen LogP contribution in [0.3, 0.4) is 0 Å². The number of pyridine rings is 1. The zero-order valence-electron chi connectivity index (χ0n) is 11.4. The van der Waals surface area contributed by atoms with E-state index in [1.54, 1.807) is 20.1 Å². The third-order valence-electron chi connectivity index (χ3n) is 2.88. The Bertz CT molecular complexity index is 626. The summed E-state index contributed by atoms with van der Waals surface area (Å²) in [4.78, 5) is 16.1. The number of anilines is 1. The zero-order valence-corrected chi connectivity index (χ0v) is 11.4. The number of hydrogen-bond acceptors (Lipinski definition) is 5. The van der Waals surface area contributed by atoms with Gasteiger partial charge in [-0.3, -0.25) is 4.98 Å². The Morgan fingerprint density at radius 2 is 2.10 bits per heavy atom. The van der Waals surface area contributed by atoms with Gasteiger partial charge in [-0.05, 0) is 19.1 Å². The van der Waals surface area contributed by atoms with Crippen LogP contribution in [0.5, 0.6) is 5.75 Å². The summed E-state index contributed by atoms with van der Waals surface area (Å²) in [7, 11) is 1.58. The van der Waals surface area contributed by atoms with E-state index in [1.807, 2.05) is 24.3 Å². The summed E-state index contributed by atoms with van der Waals surface area (Å²) in [6.45, 7) is 1.87. The van der Waals surface area contributed by atoms with E-state index in [0.717, 1.165) is 5.56 Å². The lowest BCUT2D eigenvalue weighted by Gasteiger charge is -2.10. The van der Waals surface area contributed by atoms with Crippen molar-refractivity contribution in [2.45, 2.75) is 13.5 Å². The summed E-state index contributed by atoms with van der Waals surface area (Å²) in [5.74, 6) is 0.232. The number of hydrogen-bond donors (Lipinski definition) is 1. The van der Waals surface area contributed by atoms with E-state index in [1.165, 1.54) is 6.20 Å². The fraction of sp³-hybridized carbons (Fsp3) is 0.200. The van der Waals surface area contributed by atoms with E-state index in [4.69, 9.17) is 15.2 Å². The quantitative estimate of drug-likeness (QED) is 0.865. The highest BCUT2D eigenvalue weighted by Gasteiger charge is 2.13. The van der Waals surface area contributed by atoms with Crippen molar-refractivity contribution in [3.63, 3.8) is 0 Å². The molecule has 5 heteroatoms. The van der Waals surface area contributed by atoms with E-state index in [9.17, 15) is 4.79 Å². The molecule has 0 aliphatic rings. The van der Waals surface area contributed by atoms with Gasteiger partial charge in [0.25, 0.3) is 0 Å². The maximum atomic E-state index is 12.0. The number of para-hydroxylation sites is 1. The second-order valence-electron chi connectivity index (χ2n) is 4.29. The highest BCUT2D eigenvalue weighted by molar-refractivity contribution is 5.91. The molecule has 0 aliphatic carbocycles. The van der Waals surface area contributed by atoms with Crippen molar-refractivity contribution in [1.29, 1.82) is 0 Å². The maximum Gasteiger partial charge on any atom is 0.340 e. The predicted octanol–water partition coefficient (Wildman–Crippen LogP) is 2.34.